The Bertz CT molecular complexity index is 3500. The fourth-order valence-corrected chi connectivity index (χ4v) is 9.14. The van der Waals surface area contributed by atoms with Crippen molar-refractivity contribution in [3.05, 3.63) is 208 Å². The summed E-state index contributed by atoms with van der Waals surface area (Å²) >= 11 is 0. The summed E-state index contributed by atoms with van der Waals surface area (Å²) in [5.74, 6) is -0.576. The highest BCUT2D eigenvalue weighted by Gasteiger charge is 2.40. The lowest BCUT2D eigenvalue weighted by Crippen LogP contribution is -2.13. The van der Waals surface area contributed by atoms with E-state index in [1.165, 1.54) is 6.07 Å². The van der Waals surface area contributed by atoms with Crippen molar-refractivity contribution in [1.29, 1.82) is 15.8 Å². The molecule has 9 aromatic rings. The number of fused-ring (bicyclic) bond motifs is 6. The van der Waals surface area contributed by atoms with E-state index < -0.39 is 35.0 Å². The maximum Gasteiger partial charge on any atom is 0.417 e. The van der Waals surface area contributed by atoms with Crippen molar-refractivity contribution >= 4 is 21.8 Å². The average Bonchev–Trinajstić information content (AvgIpc) is 3.82. The van der Waals surface area contributed by atoms with Gasteiger partial charge in [0, 0.05) is 22.3 Å². The van der Waals surface area contributed by atoms with Crippen LogP contribution >= 0.6 is 0 Å². The lowest BCUT2D eigenvalue weighted by Gasteiger charge is -2.24. The molecule has 1 unspecified atom stereocenters. The molecular formula is C54H28F6N4. The first-order valence-corrected chi connectivity index (χ1v) is 20.0. The van der Waals surface area contributed by atoms with Crippen LogP contribution in [0.1, 0.15) is 50.4 Å². The summed E-state index contributed by atoms with van der Waals surface area (Å²) in [5.41, 5.74) is 6.36. The number of benzene rings is 8. The van der Waals surface area contributed by atoms with Crippen LogP contribution in [-0.4, -0.2) is 4.57 Å². The van der Waals surface area contributed by atoms with Gasteiger partial charge in [-0.15, -0.1) is 0 Å². The van der Waals surface area contributed by atoms with E-state index in [9.17, 15) is 42.1 Å². The van der Waals surface area contributed by atoms with Crippen LogP contribution in [-0.2, 0) is 12.4 Å². The van der Waals surface area contributed by atoms with Gasteiger partial charge in [-0.2, -0.15) is 42.1 Å². The fourth-order valence-electron chi connectivity index (χ4n) is 9.14. The molecule has 0 aliphatic heterocycles. The van der Waals surface area contributed by atoms with E-state index in [2.05, 4.69) is 24.3 Å². The van der Waals surface area contributed by atoms with Crippen LogP contribution in [0.25, 0.3) is 72.0 Å². The van der Waals surface area contributed by atoms with Crippen LogP contribution in [0.5, 0.6) is 0 Å². The molecule has 1 aliphatic rings. The van der Waals surface area contributed by atoms with Crippen molar-refractivity contribution in [1.82, 2.24) is 4.57 Å². The number of para-hydroxylation sites is 1. The molecule has 4 nitrogen and oxygen atoms in total. The summed E-state index contributed by atoms with van der Waals surface area (Å²) in [4.78, 5) is 0. The minimum absolute atomic E-state index is 0.0997. The predicted molar refractivity (Wildman–Crippen MR) is 234 cm³/mol. The Hall–Kier alpha value is -8.39. The van der Waals surface area contributed by atoms with Gasteiger partial charge in [-0.05, 0) is 122 Å². The van der Waals surface area contributed by atoms with Crippen LogP contribution in [0, 0.1) is 34.0 Å². The smallest absolute Gasteiger partial charge is 0.309 e. The Morgan fingerprint density at radius 1 is 0.422 bits per heavy atom. The van der Waals surface area contributed by atoms with Crippen molar-refractivity contribution < 1.29 is 26.3 Å². The van der Waals surface area contributed by atoms with Crippen molar-refractivity contribution in [2.75, 3.05) is 0 Å². The van der Waals surface area contributed by atoms with Gasteiger partial charge >= 0.3 is 12.4 Å². The summed E-state index contributed by atoms with van der Waals surface area (Å²) in [6, 6.07) is 52.6. The summed E-state index contributed by atoms with van der Waals surface area (Å²) in [6.45, 7) is 0. The second-order valence-corrected chi connectivity index (χ2v) is 15.6. The normalized spacial score (nSPS) is 13.3. The molecule has 0 saturated heterocycles. The van der Waals surface area contributed by atoms with Gasteiger partial charge < -0.3 is 4.57 Å². The number of rotatable bonds is 5. The molecule has 0 spiro atoms. The van der Waals surface area contributed by atoms with Gasteiger partial charge in [0.05, 0.1) is 62.7 Å². The number of halogens is 6. The molecule has 0 amide bonds. The maximum absolute atomic E-state index is 15.0. The van der Waals surface area contributed by atoms with Crippen LogP contribution < -0.4 is 0 Å². The Balaban J connectivity index is 1.32. The van der Waals surface area contributed by atoms with E-state index in [0.29, 0.717) is 39.5 Å². The molecule has 0 fully saturated rings. The highest BCUT2D eigenvalue weighted by atomic mass is 19.4. The Morgan fingerprint density at radius 3 is 1.66 bits per heavy atom. The molecular weight excluding hydrogens is 819 g/mol. The Labute approximate surface area is 362 Å². The zero-order valence-electron chi connectivity index (χ0n) is 33.2. The molecule has 8 aromatic carbocycles. The number of nitriles is 3. The van der Waals surface area contributed by atoms with Crippen LogP contribution in [0.4, 0.5) is 26.3 Å². The van der Waals surface area contributed by atoms with Crippen LogP contribution in [0.15, 0.2) is 164 Å². The van der Waals surface area contributed by atoms with E-state index in [-0.39, 0.29) is 17.2 Å². The van der Waals surface area contributed by atoms with Crippen molar-refractivity contribution in [2.24, 2.45) is 0 Å². The largest absolute Gasteiger partial charge is 0.417 e. The standard InChI is InChI=1S/C54H28F6N4/c55-53(56,57)38-19-22-41(48(26-38)54(58,59)60)45-27-51(64-49-8-4-3-6-42(49)43-21-18-36(25-50(43)64)34-15-11-32(29-62)12-16-34)47(24-37(45)30-63)52-44-7-2-1-5-39(44)40-20-17-35(23-46(40)52)33-13-9-31(28-61)10-14-33/h1-27,52H. The molecule has 0 saturated carbocycles. The van der Waals surface area contributed by atoms with E-state index in [1.807, 2.05) is 108 Å². The predicted octanol–water partition coefficient (Wildman–Crippen LogP) is 14.6. The minimum atomic E-state index is -5.21. The fraction of sp³-hybridized carbons (Fsp3) is 0.0556. The van der Waals surface area contributed by atoms with Crippen molar-refractivity contribution in [2.45, 2.75) is 18.3 Å². The average molecular weight is 847 g/mol. The molecule has 1 heterocycles. The number of alkyl halides is 6. The molecule has 306 valence electrons. The molecule has 1 aromatic heterocycles. The minimum Gasteiger partial charge on any atom is -0.309 e. The molecule has 10 rings (SSSR count). The van der Waals surface area contributed by atoms with Gasteiger partial charge in [-0.3, -0.25) is 0 Å². The summed E-state index contributed by atoms with van der Waals surface area (Å²) in [6.07, 6.45) is -10.3. The highest BCUT2D eigenvalue weighted by Crippen LogP contribution is 2.52. The molecule has 0 bridgehead atoms. The first-order valence-electron chi connectivity index (χ1n) is 20.0. The third-order valence-corrected chi connectivity index (χ3v) is 12.1. The van der Waals surface area contributed by atoms with E-state index in [4.69, 9.17) is 0 Å². The first-order chi connectivity index (χ1) is 30.9. The molecule has 10 heteroatoms. The Kier molecular flexibility index (Phi) is 9.25. The number of nitrogens with zero attached hydrogens (tertiary/aromatic N) is 4. The Morgan fingerprint density at radius 2 is 1.00 bits per heavy atom. The molecule has 64 heavy (non-hydrogen) atoms. The quantitative estimate of drug-likeness (QED) is 0.162. The lowest BCUT2D eigenvalue weighted by atomic mass is 9.83. The monoisotopic (exact) mass is 846 g/mol. The van der Waals surface area contributed by atoms with Gasteiger partial charge in [-0.25, -0.2) is 0 Å². The molecule has 1 aliphatic carbocycles. The second-order valence-electron chi connectivity index (χ2n) is 15.6. The number of hydrogen-bond acceptors (Lipinski definition) is 3. The summed E-state index contributed by atoms with van der Waals surface area (Å²) in [7, 11) is 0. The first kappa shape index (κ1) is 39.7. The van der Waals surface area contributed by atoms with Crippen LogP contribution in [0.2, 0.25) is 0 Å². The summed E-state index contributed by atoms with van der Waals surface area (Å²) < 4.78 is 88.8. The summed E-state index contributed by atoms with van der Waals surface area (Å²) in [5, 5.41) is 31.4. The molecule has 1 atom stereocenters. The molecule has 0 N–H and O–H groups in total. The zero-order valence-corrected chi connectivity index (χ0v) is 33.2. The van der Waals surface area contributed by atoms with Gasteiger partial charge in [0.2, 0.25) is 0 Å². The van der Waals surface area contributed by atoms with Gasteiger partial charge in [-0.1, -0.05) is 97.1 Å². The molecule has 0 radical (unpaired) electrons. The third-order valence-electron chi connectivity index (χ3n) is 12.1. The van der Waals surface area contributed by atoms with Gasteiger partial charge in [0.1, 0.15) is 0 Å². The highest BCUT2D eigenvalue weighted by molar-refractivity contribution is 6.10. The number of aromatic nitrogens is 1. The SMILES string of the molecule is N#Cc1ccc(-c2ccc3c(c2)C(c2cc(C#N)c(-c4ccc(C(F)(F)F)cc4C(F)(F)F)cc2-n2c4ccccc4c4ccc(-c5ccc(C#N)cc5)cc42)c2ccccc2-3)cc1. The third kappa shape index (κ3) is 6.54. The van der Waals surface area contributed by atoms with Crippen LogP contribution in [0.3, 0.4) is 0 Å². The maximum atomic E-state index is 15.0. The van der Waals surface area contributed by atoms with E-state index in [1.54, 1.807) is 30.3 Å². The van der Waals surface area contributed by atoms with E-state index >= 15 is 0 Å². The van der Waals surface area contributed by atoms with Crippen molar-refractivity contribution in [3.63, 3.8) is 0 Å². The topological polar surface area (TPSA) is 76.3 Å². The second kappa shape index (κ2) is 14.9. The van der Waals surface area contributed by atoms with Gasteiger partial charge in [0.15, 0.2) is 0 Å². The van der Waals surface area contributed by atoms with E-state index in [0.717, 1.165) is 61.3 Å². The number of hydrogen-bond donors (Lipinski definition) is 0. The zero-order chi connectivity index (χ0) is 44.5. The van der Waals surface area contributed by atoms with Crippen molar-refractivity contribution in [3.8, 4) is 68.4 Å². The lowest BCUT2D eigenvalue weighted by molar-refractivity contribution is -0.142. The van der Waals surface area contributed by atoms with Gasteiger partial charge in [0.25, 0.3) is 0 Å².